The van der Waals surface area contributed by atoms with Gasteiger partial charge in [0.2, 0.25) is 0 Å². The van der Waals surface area contributed by atoms with Crippen molar-refractivity contribution in [2.45, 2.75) is 95.8 Å². The number of allylic oxidation sites excluding steroid dienone is 2. The van der Waals surface area contributed by atoms with Gasteiger partial charge >= 0.3 is 14.2 Å². The van der Waals surface area contributed by atoms with E-state index in [2.05, 4.69) is 67.5 Å². The highest BCUT2D eigenvalue weighted by molar-refractivity contribution is 6.55. The van der Waals surface area contributed by atoms with Crippen LogP contribution in [0.4, 0.5) is 0 Å². The molecule has 0 spiro atoms. The van der Waals surface area contributed by atoms with Crippen molar-refractivity contribution in [2.75, 3.05) is 0 Å². The van der Waals surface area contributed by atoms with Crippen LogP contribution in [0.3, 0.4) is 0 Å². The van der Waals surface area contributed by atoms with Crippen LogP contribution in [0.15, 0.2) is 12.2 Å². The number of fused-ring (bicyclic) bond motifs is 2. The third-order valence-corrected chi connectivity index (χ3v) is 7.75. The molecule has 0 amide bonds. The van der Waals surface area contributed by atoms with E-state index < -0.39 is 0 Å². The molecular formula is C19H32B2O4. The van der Waals surface area contributed by atoms with Crippen LogP contribution in [0, 0.1) is 11.8 Å². The molecule has 0 radical (unpaired) electrons. The van der Waals surface area contributed by atoms with E-state index in [-0.39, 0.29) is 48.3 Å². The van der Waals surface area contributed by atoms with Gasteiger partial charge in [-0.2, -0.15) is 0 Å². The van der Waals surface area contributed by atoms with Gasteiger partial charge in [0.1, 0.15) is 0 Å². The molecule has 4 aliphatic rings. The second kappa shape index (κ2) is 5.15. The highest BCUT2D eigenvalue weighted by atomic mass is 16.7. The fraction of sp³-hybridized carbons (Fsp3) is 0.895. The summed E-state index contributed by atoms with van der Waals surface area (Å²) in [7, 11) is -0.400. The van der Waals surface area contributed by atoms with E-state index in [9.17, 15) is 0 Å². The van der Waals surface area contributed by atoms with Crippen LogP contribution in [-0.2, 0) is 18.6 Å². The quantitative estimate of drug-likeness (QED) is 0.557. The lowest BCUT2D eigenvalue weighted by Gasteiger charge is -2.32. The van der Waals surface area contributed by atoms with E-state index in [4.69, 9.17) is 18.6 Å². The first-order valence-corrected chi connectivity index (χ1v) is 9.74. The van der Waals surface area contributed by atoms with Gasteiger partial charge in [0.25, 0.3) is 0 Å². The smallest absolute Gasteiger partial charge is 0.403 e. The SMILES string of the molecule is CC1(C)OB([C@@H]2[C@H](B3OC(C)(C)C(C)(C)O3)[C@H]3C=C[C@@H]2C3)OC1(C)C. The van der Waals surface area contributed by atoms with Crippen LogP contribution in [0.1, 0.15) is 61.8 Å². The molecule has 3 fully saturated rings. The fourth-order valence-corrected chi connectivity index (χ4v) is 4.76. The molecule has 0 aromatic rings. The summed E-state index contributed by atoms with van der Waals surface area (Å²) in [6.45, 7) is 17.0. The third-order valence-electron chi connectivity index (χ3n) is 7.75. The molecule has 2 aliphatic carbocycles. The summed E-state index contributed by atoms with van der Waals surface area (Å²) in [6, 6.07) is 0. The predicted octanol–water partition coefficient (Wildman–Crippen LogP) is 4.12. The van der Waals surface area contributed by atoms with Gasteiger partial charge in [-0.25, -0.2) is 0 Å². The Morgan fingerprint density at radius 2 is 0.880 bits per heavy atom. The summed E-state index contributed by atoms with van der Waals surface area (Å²) >= 11 is 0. The van der Waals surface area contributed by atoms with Gasteiger partial charge in [0, 0.05) is 11.6 Å². The van der Waals surface area contributed by atoms with Gasteiger partial charge in [-0.05, 0) is 73.6 Å². The molecule has 4 rings (SSSR count). The largest absolute Gasteiger partial charge is 0.461 e. The summed E-state index contributed by atoms with van der Waals surface area (Å²) in [6.07, 6.45) is 5.85. The van der Waals surface area contributed by atoms with Crippen molar-refractivity contribution >= 4 is 14.2 Å². The molecular weight excluding hydrogens is 314 g/mol. The Bertz CT molecular complexity index is 516. The Balaban J connectivity index is 1.61. The third kappa shape index (κ3) is 2.51. The number of hydrogen-bond donors (Lipinski definition) is 0. The van der Waals surface area contributed by atoms with Gasteiger partial charge in [-0.1, -0.05) is 12.2 Å². The summed E-state index contributed by atoms with van der Waals surface area (Å²) in [5.41, 5.74) is -1.21. The molecule has 0 aromatic carbocycles. The highest BCUT2D eigenvalue weighted by Crippen LogP contribution is 2.62. The minimum atomic E-state index is -0.302. The van der Waals surface area contributed by atoms with E-state index in [1.54, 1.807) is 0 Å². The lowest BCUT2D eigenvalue weighted by atomic mass is 9.50. The Labute approximate surface area is 153 Å². The Morgan fingerprint density at radius 3 is 1.16 bits per heavy atom. The Hall–Kier alpha value is -0.290. The van der Waals surface area contributed by atoms with Gasteiger partial charge < -0.3 is 18.6 Å². The molecule has 1 saturated carbocycles. The van der Waals surface area contributed by atoms with Crippen molar-refractivity contribution in [3.05, 3.63) is 12.2 Å². The molecule has 25 heavy (non-hydrogen) atoms. The standard InChI is InChI=1S/C19H32B2O4/c1-16(2)17(3,4)23-20(22-16)14-12-9-10-13(11-12)15(14)21-24-18(5,6)19(7,8)25-21/h9-10,12-15H,11H2,1-8H3/t12-,13+,14+,15-. The summed E-state index contributed by atoms with van der Waals surface area (Å²) < 4.78 is 25.7. The van der Waals surface area contributed by atoms with E-state index in [1.807, 2.05) is 0 Å². The van der Waals surface area contributed by atoms with Crippen LogP contribution < -0.4 is 0 Å². The maximum atomic E-state index is 6.43. The van der Waals surface area contributed by atoms with Crippen molar-refractivity contribution in [3.63, 3.8) is 0 Å². The van der Waals surface area contributed by atoms with Crippen LogP contribution in [0.25, 0.3) is 0 Å². The zero-order valence-corrected chi connectivity index (χ0v) is 17.0. The Kier molecular flexibility index (Phi) is 3.73. The van der Waals surface area contributed by atoms with Gasteiger partial charge in [0.05, 0.1) is 22.4 Å². The van der Waals surface area contributed by atoms with E-state index in [0.29, 0.717) is 11.8 Å². The van der Waals surface area contributed by atoms with Crippen molar-refractivity contribution in [2.24, 2.45) is 11.8 Å². The normalized spacial score (nSPS) is 42.6. The number of rotatable bonds is 2. The minimum Gasteiger partial charge on any atom is -0.403 e. The average Bonchev–Trinajstić information content (AvgIpc) is 3.12. The highest BCUT2D eigenvalue weighted by Gasteiger charge is 2.65. The molecule has 2 saturated heterocycles. The van der Waals surface area contributed by atoms with Crippen molar-refractivity contribution in [3.8, 4) is 0 Å². The topological polar surface area (TPSA) is 36.9 Å². The number of hydrogen-bond acceptors (Lipinski definition) is 4. The lowest BCUT2D eigenvalue weighted by molar-refractivity contribution is 0.00578. The van der Waals surface area contributed by atoms with Crippen LogP contribution in [-0.4, -0.2) is 36.6 Å². The molecule has 0 unspecified atom stereocenters. The van der Waals surface area contributed by atoms with E-state index >= 15 is 0 Å². The molecule has 138 valence electrons. The molecule has 2 heterocycles. The monoisotopic (exact) mass is 346 g/mol. The second-order valence-corrected chi connectivity index (χ2v) is 10.4. The molecule has 2 aliphatic heterocycles. The predicted molar refractivity (Wildman–Crippen MR) is 100 cm³/mol. The maximum absolute atomic E-state index is 6.43. The van der Waals surface area contributed by atoms with E-state index in [1.165, 1.54) is 0 Å². The summed E-state index contributed by atoms with van der Waals surface area (Å²) in [5, 5.41) is 0. The Morgan fingerprint density at radius 1 is 0.600 bits per heavy atom. The first-order valence-electron chi connectivity index (χ1n) is 9.74. The molecule has 4 atom stereocenters. The lowest BCUT2D eigenvalue weighted by Crippen LogP contribution is -2.41. The van der Waals surface area contributed by atoms with Crippen LogP contribution >= 0.6 is 0 Å². The fourth-order valence-electron chi connectivity index (χ4n) is 4.76. The summed E-state index contributed by atoms with van der Waals surface area (Å²) in [5.74, 6) is 1.55. The molecule has 2 bridgehead atoms. The van der Waals surface area contributed by atoms with Crippen LogP contribution in [0.5, 0.6) is 0 Å². The van der Waals surface area contributed by atoms with Crippen molar-refractivity contribution < 1.29 is 18.6 Å². The molecule has 0 aromatic heterocycles. The van der Waals surface area contributed by atoms with E-state index in [0.717, 1.165) is 6.42 Å². The molecule has 4 nitrogen and oxygen atoms in total. The zero-order valence-electron chi connectivity index (χ0n) is 17.0. The van der Waals surface area contributed by atoms with Gasteiger partial charge in [0.15, 0.2) is 0 Å². The molecule has 0 N–H and O–H groups in total. The zero-order chi connectivity index (χ0) is 18.4. The maximum Gasteiger partial charge on any atom is 0.461 e. The van der Waals surface area contributed by atoms with Gasteiger partial charge in [-0.3, -0.25) is 0 Å². The first-order chi connectivity index (χ1) is 11.3. The van der Waals surface area contributed by atoms with Crippen LogP contribution in [0.2, 0.25) is 11.6 Å². The first kappa shape index (κ1) is 18.1. The minimum absolute atomic E-state index is 0.200. The average molecular weight is 346 g/mol. The van der Waals surface area contributed by atoms with Crippen molar-refractivity contribution in [1.29, 1.82) is 0 Å². The van der Waals surface area contributed by atoms with Crippen molar-refractivity contribution in [1.82, 2.24) is 0 Å². The second-order valence-electron chi connectivity index (χ2n) is 10.4. The summed E-state index contributed by atoms with van der Waals surface area (Å²) in [4.78, 5) is 0. The molecule has 6 heteroatoms. The van der Waals surface area contributed by atoms with Gasteiger partial charge in [-0.15, -0.1) is 0 Å².